The Labute approximate surface area is 136 Å². The zero-order valence-electron chi connectivity index (χ0n) is 13.3. The summed E-state index contributed by atoms with van der Waals surface area (Å²) < 4.78 is 16.2. The summed E-state index contributed by atoms with van der Waals surface area (Å²) >= 11 is 0. The van der Waals surface area contributed by atoms with E-state index in [-0.39, 0.29) is 5.91 Å². The average molecular weight is 315 g/mol. The Kier molecular flexibility index (Phi) is 6.29. The lowest BCUT2D eigenvalue weighted by molar-refractivity contribution is -0.127. The Hall–Kier alpha value is -2.69. The van der Waals surface area contributed by atoms with E-state index >= 15 is 0 Å². The Morgan fingerprint density at radius 2 is 1.74 bits per heavy atom. The quantitative estimate of drug-likeness (QED) is 0.761. The standard InChI is InChI=1S/C18H21NO4/c1-14(23-17-10-6-9-16(13-17)21-2)18(20)19-11-12-22-15-7-4-3-5-8-15/h3-10,13-14H,11-12H2,1-2H3,(H,19,20)/t14-/m0/s1. The summed E-state index contributed by atoms with van der Waals surface area (Å²) in [7, 11) is 1.59. The molecule has 2 aromatic rings. The van der Waals surface area contributed by atoms with Gasteiger partial charge in [0.15, 0.2) is 6.10 Å². The second kappa shape index (κ2) is 8.68. The van der Waals surface area contributed by atoms with Crippen LogP contribution < -0.4 is 19.5 Å². The first-order valence-electron chi connectivity index (χ1n) is 7.45. The monoisotopic (exact) mass is 315 g/mol. The molecule has 5 heteroatoms. The highest BCUT2D eigenvalue weighted by atomic mass is 16.5. The number of amides is 1. The first-order valence-corrected chi connectivity index (χ1v) is 7.45. The van der Waals surface area contributed by atoms with E-state index in [0.717, 1.165) is 5.75 Å². The molecule has 0 saturated carbocycles. The zero-order valence-corrected chi connectivity index (χ0v) is 13.3. The average Bonchev–Trinajstić information content (AvgIpc) is 2.59. The van der Waals surface area contributed by atoms with Gasteiger partial charge in [-0.05, 0) is 31.2 Å². The van der Waals surface area contributed by atoms with Crippen molar-refractivity contribution in [3.8, 4) is 17.2 Å². The predicted molar refractivity (Wildman–Crippen MR) is 88.0 cm³/mol. The lowest BCUT2D eigenvalue weighted by atomic mass is 10.3. The third-order valence-corrected chi connectivity index (χ3v) is 3.14. The van der Waals surface area contributed by atoms with E-state index in [2.05, 4.69) is 5.32 Å². The van der Waals surface area contributed by atoms with Gasteiger partial charge in [0.1, 0.15) is 23.9 Å². The van der Waals surface area contributed by atoms with Gasteiger partial charge in [-0.15, -0.1) is 0 Å². The number of para-hydroxylation sites is 1. The molecule has 0 saturated heterocycles. The molecule has 0 unspecified atom stereocenters. The molecule has 0 aromatic heterocycles. The van der Waals surface area contributed by atoms with E-state index in [9.17, 15) is 4.79 Å². The summed E-state index contributed by atoms with van der Waals surface area (Å²) in [6, 6.07) is 16.6. The van der Waals surface area contributed by atoms with Gasteiger partial charge in [-0.3, -0.25) is 4.79 Å². The Balaban J connectivity index is 1.72. The van der Waals surface area contributed by atoms with E-state index in [0.29, 0.717) is 24.7 Å². The minimum atomic E-state index is -0.598. The summed E-state index contributed by atoms with van der Waals surface area (Å²) in [6.45, 7) is 2.52. The maximum absolute atomic E-state index is 12.0. The first kappa shape index (κ1) is 16.7. The van der Waals surface area contributed by atoms with Crippen molar-refractivity contribution >= 4 is 5.91 Å². The molecule has 2 rings (SSSR count). The van der Waals surface area contributed by atoms with Crippen LogP contribution in [0.4, 0.5) is 0 Å². The van der Waals surface area contributed by atoms with Crippen LogP contribution in [-0.4, -0.2) is 32.3 Å². The van der Waals surface area contributed by atoms with Crippen molar-refractivity contribution in [3.05, 3.63) is 54.6 Å². The van der Waals surface area contributed by atoms with Gasteiger partial charge in [-0.1, -0.05) is 24.3 Å². The Morgan fingerprint density at radius 3 is 2.48 bits per heavy atom. The van der Waals surface area contributed by atoms with Gasteiger partial charge >= 0.3 is 0 Å². The van der Waals surface area contributed by atoms with E-state index < -0.39 is 6.10 Å². The molecule has 23 heavy (non-hydrogen) atoms. The SMILES string of the molecule is COc1cccc(O[C@@H](C)C(=O)NCCOc2ccccc2)c1. The van der Waals surface area contributed by atoms with Crippen LogP contribution in [0.1, 0.15) is 6.92 Å². The fourth-order valence-electron chi connectivity index (χ4n) is 1.94. The molecule has 0 bridgehead atoms. The molecule has 0 radical (unpaired) electrons. The second-order valence-electron chi connectivity index (χ2n) is 4.89. The van der Waals surface area contributed by atoms with Crippen LogP contribution in [0.15, 0.2) is 54.6 Å². The molecule has 2 aromatic carbocycles. The number of hydrogen-bond acceptors (Lipinski definition) is 4. The van der Waals surface area contributed by atoms with E-state index in [1.807, 2.05) is 42.5 Å². The molecule has 0 heterocycles. The predicted octanol–water partition coefficient (Wildman–Crippen LogP) is 2.66. The highest BCUT2D eigenvalue weighted by Gasteiger charge is 2.14. The third-order valence-electron chi connectivity index (χ3n) is 3.14. The van der Waals surface area contributed by atoms with Gasteiger partial charge in [0.25, 0.3) is 5.91 Å². The molecule has 122 valence electrons. The fraction of sp³-hybridized carbons (Fsp3) is 0.278. The van der Waals surface area contributed by atoms with E-state index in [4.69, 9.17) is 14.2 Å². The summed E-state index contributed by atoms with van der Waals surface area (Å²) in [5, 5.41) is 2.78. The van der Waals surface area contributed by atoms with Crippen molar-refractivity contribution in [2.45, 2.75) is 13.0 Å². The molecule has 0 aliphatic carbocycles. The molecular weight excluding hydrogens is 294 g/mol. The van der Waals surface area contributed by atoms with Crippen molar-refractivity contribution in [1.82, 2.24) is 5.32 Å². The van der Waals surface area contributed by atoms with Crippen LogP contribution >= 0.6 is 0 Å². The number of rotatable bonds is 8. The van der Waals surface area contributed by atoms with Gasteiger partial charge < -0.3 is 19.5 Å². The van der Waals surface area contributed by atoms with Crippen molar-refractivity contribution in [1.29, 1.82) is 0 Å². The Morgan fingerprint density at radius 1 is 1.04 bits per heavy atom. The molecule has 0 aliphatic rings. The molecular formula is C18H21NO4. The number of nitrogens with one attached hydrogen (secondary N) is 1. The lowest BCUT2D eigenvalue weighted by Gasteiger charge is -2.15. The first-order chi connectivity index (χ1) is 11.2. The van der Waals surface area contributed by atoms with Gasteiger partial charge in [0, 0.05) is 6.07 Å². The van der Waals surface area contributed by atoms with Gasteiger partial charge in [-0.2, -0.15) is 0 Å². The number of carbonyl (C=O) groups is 1. The highest BCUT2D eigenvalue weighted by Crippen LogP contribution is 2.19. The number of hydrogen-bond donors (Lipinski definition) is 1. The van der Waals surface area contributed by atoms with Crippen molar-refractivity contribution in [2.24, 2.45) is 0 Å². The smallest absolute Gasteiger partial charge is 0.260 e. The molecule has 1 atom stereocenters. The molecule has 0 spiro atoms. The summed E-state index contributed by atoms with van der Waals surface area (Å²) in [5.41, 5.74) is 0. The molecule has 0 aliphatic heterocycles. The van der Waals surface area contributed by atoms with E-state index in [1.165, 1.54) is 0 Å². The van der Waals surface area contributed by atoms with Crippen LogP contribution in [0.2, 0.25) is 0 Å². The normalized spacial score (nSPS) is 11.4. The minimum Gasteiger partial charge on any atom is -0.497 e. The summed E-state index contributed by atoms with van der Waals surface area (Å²) in [4.78, 5) is 12.0. The molecule has 0 fully saturated rings. The van der Waals surface area contributed by atoms with Gasteiger partial charge in [0.2, 0.25) is 0 Å². The van der Waals surface area contributed by atoms with Crippen LogP contribution in [-0.2, 0) is 4.79 Å². The summed E-state index contributed by atoms with van der Waals surface area (Å²) in [6.07, 6.45) is -0.598. The van der Waals surface area contributed by atoms with E-state index in [1.54, 1.807) is 26.2 Å². The van der Waals surface area contributed by atoms with Gasteiger partial charge in [-0.25, -0.2) is 0 Å². The van der Waals surface area contributed by atoms with Gasteiger partial charge in [0.05, 0.1) is 13.7 Å². The zero-order chi connectivity index (χ0) is 16.5. The summed E-state index contributed by atoms with van der Waals surface area (Å²) in [5.74, 6) is 1.87. The number of benzene rings is 2. The molecule has 1 N–H and O–H groups in total. The van der Waals surface area contributed by atoms with Crippen LogP contribution in [0.5, 0.6) is 17.2 Å². The largest absolute Gasteiger partial charge is 0.497 e. The topological polar surface area (TPSA) is 56.8 Å². The molecule has 5 nitrogen and oxygen atoms in total. The maximum atomic E-state index is 12.0. The molecule has 1 amide bonds. The van der Waals surface area contributed by atoms with Crippen LogP contribution in [0.25, 0.3) is 0 Å². The van der Waals surface area contributed by atoms with Crippen molar-refractivity contribution in [3.63, 3.8) is 0 Å². The van der Waals surface area contributed by atoms with Crippen LogP contribution in [0.3, 0.4) is 0 Å². The second-order valence-corrected chi connectivity index (χ2v) is 4.89. The highest BCUT2D eigenvalue weighted by molar-refractivity contribution is 5.80. The number of carbonyl (C=O) groups excluding carboxylic acids is 1. The van der Waals surface area contributed by atoms with Crippen molar-refractivity contribution in [2.75, 3.05) is 20.3 Å². The number of ether oxygens (including phenoxy) is 3. The maximum Gasteiger partial charge on any atom is 0.260 e. The Bertz CT molecular complexity index is 615. The third kappa shape index (κ3) is 5.54. The lowest BCUT2D eigenvalue weighted by Crippen LogP contribution is -2.38. The number of methoxy groups -OCH3 is 1. The van der Waals surface area contributed by atoms with Crippen molar-refractivity contribution < 1.29 is 19.0 Å². The fourth-order valence-corrected chi connectivity index (χ4v) is 1.94. The van der Waals surface area contributed by atoms with Crippen LogP contribution in [0, 0.1) is 0 Å². The minimum absolute atomic E-state index is 0.190.